The zero-order valence-corrected chi connectivity index (χ0v) is 17.2. The summed E-state index contributed by atoms with van der Waals surface area (Å²) in [6, 6.07) is 4.15. The first-order chi connectivity index (χ1) is 12.8. The van der Waals surface area contributed by atoms with Crippen molar-refractivity contribution < 1.29 is 17.9 Å². The smallest absolute Gasteiger partial charge is 0.311 e. The van der Waals surface area contributed by atoms with E-state index in [1.807, 2.05) is 0 Å². The van der Waals surface area contributed by atoms with Gasteiger partial charge in [-0.05, 0) is 37.3 Å². The molecule has 1 aliphatic heterocycles. The fraction of sp³-hybridized carbons (Fsp3) is 0.235. The van der Waals surface area contributed by atoms with Crippen molar-refractivity contribution in [1.82, 2.24) is 4.98 Å². The molecular formula is C17H14Cl2N2O4S2. The number of esters is 1. The van der Waals surface area contributed by atoms with Gasteiger partial charge in [-0.3, -0.25) is 9.79 Å². The van der Waals surface area contributed by atoms with Crippen LogP contribution in [-0.2, 0) is 30.7 Å². The van der Waals surface area contributed by atoms with E-state index in [2.05, 4.69) is 9.98 Å². The minimum atomic E-state index is -4.07. The van der Waals surface area contributed by atoms with Crippen LogP contribution in [0.2, 0.25) is 10.0 Å². The highest BCUT2D eigenvalue weighted by atomic mass is 35.5. The van der Waals surface area contributed by atoms with Crippen LogP contribution in [0.15, 0.2) is 45.6 Å². The number of aliphatic imine (C=N–C) groups is 1. The molecule has 3 rings (SSSR count). The largest absolute Gasteiger partial charge is 0.466 e. The molecule has 1 atom stereocenters. The number of thiazole rings is 1. The Morgan fingerprint density at radius 3 is 2.74 bits per heavy atom. The summed E-state index contributed by atoms with van der Waals surface area (Å²) >= 11 is 13.1. The first-order valence-electron chi connectivity index (χ1n) is 7.83. The first-order valence-corrected chi connectivity index (χ1v) is 11.0. The highest BCUT2D eigenvalue weighted by Gasteiger charge is 2.48. The maximum absolute atomic E-state index is 13.4. The molecule has 0 saturated heterocycles. The number of sulfone groups is 1. The summed E-state index contributed by atoms with van der Waals surface area (Å²) in [5.41, 5.74) is 0.417. The van der Waals surface area contributed by atoms with Crippen molar-refractivity contribution in [3.63, 3.8) is 0 Å². The number of aromatic nitrogens is 1. The fourth-order valence-corrected chi connectivity index (χ4v) is 6.20. The summed E-state index contributed by atoms with van der Waals surface area (Å²) in [6.07, 6.45) is 4.33. The van der Waals surface area contributed by atoms with Gasteiger partial charge in [0.15, 0.2) is 0 Å². The standard InChI is InChI=1S/C17H14Cl2N2O4S2/c1-2-25-15(22)9-12-10-26-16(21-12)17(6-3-7-20-17)27(23,24)14-5-4-11(18)8-13(14)19/h3-8,10H,2,9H2,1H3. The molecule has 27 heavy (non-hydrogen) atoms. The van der Waals surface area contributed by atoms with Crippen molar-refractivity contribution in [1.29, 1.82) is 0 Å². The Labute approximate surface area is 170 Å². The van der Waals surface area contributed by atoms with Crippen LogP contribution in [-0.4, -0.2) is 32.2 Å². The molecule has 0 fully saturated rings. The van der Waals surface area contributed by atoms with Gasteiger partial charge in [0, 0.05) is 16.6 Å². The molecule has 1 aliphatic rings. The first kappa shape index (κ1) is 20.0. The molecule has 0 N–H and O–H groups in total. The topological polar surface area (TPSA) is 85.7 Å². The predicted molar refractivity (Wildman–Crippen MR) is 105 cm³/mol. The summed E-state index contributed by atoms with van der Waals surface area (Å²) in [5, 5.41) is 2.16. The quantitative estimate of drug-likeness (QED) is 0.631. The Bertz CT molecular complexity index is 1030. The lowest BCUT2D eigenvalue weighted by Crippen LogP contribution is -2.31. The number of rotatable bonds is 6. The van der Waals surface area contributed by atoms with Crippen molar-refractivity contribution in [3.8, 4) is 0 Å². The molecular weight excluding hydrogens is 431 g/mol. The number of carbonyl (C=O) groups excluding carboxylic acids is 1. The third kappa shape index (κ3) is 3.67. The highest BCUT2D eigenvalue weighted by molar-refractivity contribution is 7.92. The van der Waals surface area contributed by atoms with Crippen molar-refractivity contribution in [3.05, 3.63) is 56.5 Å². The van der Waals surface area contributed by atoms with E-state index in [1.165, 1.54) is 36.6 Å². The maximum atomic E-state index is 13.4. The normalized spacial score (nSPS) is 18.8. The molecule has 2 aromatic rings. The molecule has 1 aromatic heterocycles. The molecule has 0 radical (unpaired) electrons. The SMILES string of the molecule is CCOC(=O)Cc1csc(C2(S(=O)(=O)c3ccc(Cl)cc3Cl)C=CC=N2)n1. The molecule has 142 valence electrons. The van der Waals surface area contributed by atoms with Gasteiger partial charge < -0.3 is 4.74 Å². The third-order valence-corrected chi connectivity index (χ3v) is 7.75. The Kier molecular flexibility index (Phi) is 5.71. The number of benzene rings is 1. The number of hydrogen-bond donors (Lipinski definition) is 0. The molecule has 2 heterocycles. The molecule has 1 aromatic carbocycles. The van der Waals surface area contributed by atoms with Gasteiger partial charge in [-0.25, -0.2) is 13.4 Å². The number of ether oxygens (including phenoxy) is 1. The Morgan fingerprint density at radius 1 is 1.33 bits per heavy atom. The zero-order valence-electron chi connectivity index (χ0n) is 14.1. The molecule has 0 saturated carbocycles. The van der Waals surface area contributed by atoms with E-state index in [9.17, 15) is 13.2 Å². The fourth-order valence-electron chi connectivity index (χ4n) is 2.54. The zero-order chi connectivity index (χ0) is 19.7. The average molecular weight is 445 g/mol. The minimum absolute atomic E-state index is 0.000628. The molecule has 0 amide bonds. The minimum Gasteiger partial charge on any atom is -0.466 e. The van der Waals surface area contributed by atoms with Gasteiger partial charge in [0.2, 0.25) is 14.7 Å². The molecule has 6 nitrogen and oxygen atoms in total. The third-order valence-electron chi connectivity index (χ3n) is 3.76. The van der Waals surface area contributed by atoms with E-state index in [-0.39, 0.29) is 28.0 Å². The van der Waals surface area contributed by atoms with Crippen LogP contribution in [0.5, 0.6) is 0 Å². The number of halogens is 2. The van der Waals surface area contributed by atoms with Crippen LogP contribution in [0.1, 0.15) is 17.6 Å². The lowest BCUT2D eigenvalue weighted by molar-refractivity contribution is -0.142. The van der Waals surface area contributed by atoms with Crippen LogP contribution in [0.4, 0.5) is 0 Å². The second-order valence-corrected chi connectivity index (χ2v) is 9.31. The predicted octanol–water partition coefficient (Wildman–Crippen LogP) is 3.82. The lowest BCUT2D eigenvalue weighted by atomic mass is 10.3. The Morgan fingerprint density at radius 2 is 2.11 bits per heavy atom. The summed E-state index contributed by atoms with van der Waals surface area (Å²) in [6.45, 7) is 1.97. The number of nitrogens with zero attached hydrogens (tertiary/aromatic N) is 2. The van der Waals surface area contributed by atoms with Crippen molar-refractivity contribution in [2.75, 3.05) is 6.61 Å². The highest BCUT2D eigenvalue weighted by Crippen LogP contribution is 2.43. The van der Waals surface area contributed by atoms with Crippen molar-refractivity contribution in [2.45, 2.75) is 23.1 Å². The lowest BCUT2D eigenvalue weighted by Gasteiger charge is -2.22. The van der Waals surface area contributed by atoms with Crippen LogP contribution in [0, 0.1) is 0 Å². The summed E-state index contributed by atoms with van der Waals surface area (Å²) in [4.78, 5) is 18.4. The van der Waals surface area contributed by atoms with E-state index in [0.29, 0.717) is 10.7 Å². The van der Waals surface area contributed by atoms with Gasteiger partial charge in [-0.15, -0.1) is 11.3 Å². The number of carbonyl (C=O) groups is 1. The van der Waals surface area contributed by atoms with Crippen LogP contribution >= 0.6 is 34.5 Å². The van der Waals surface area contributed by atoms with Gasteiger partial charge in [0.1, 0.15) is 5.01 Å². The second kappa shape index (κ2) is 7.71. The summed E-state index contributed by atoms with van der Waals surface area (Å²) in [5.74, 6) is -0.433. The second-order valence-electron chi connectivity index (χ2n) is 5.54. The van der Waals surface area contributed by atoms with E-state index < -0.39 is 20.7 Å². The molecule has 1 unspecified atom stereocenters. The number of allylic oxidation sites excluding steroid dienone is 1. The van der Waals surface area contributed by atoms with Gasteiger partial charge in [0.05, 0.1) is 28.6 Å². The molecule has 0 aliphatic carbocycles. The Balaban J connectivity index is 2.05. The van der Waals surface area contributed by atoms with E-state index in [0.717, 1.165) is 11.3 Å². The number of hydrogen-bond acceptors (Lipinski definition) is 7. The summed E-state index contributed by atoms with van der Waals surface area (Å²) in [7, 11) is -4.07. The van der Waals surface area contributed by atoms with Gasteiger partial charge >= 0.3 is 5.97 Å². The van der Waals surface area contributed by atoms with E-state index in [4.69, 9.17) is 27.9 Å². The monoisotopic (exact) mass is 444 g/mol. The van der Waals surface area contributed by atoms with Crippen LogP contribution in [0.3, 0.4) is 0 Å². The van der Waals surface area contributed by atoms with Crippen molar-refractivity contribution >= 4 is 56.6 Å². The molecule has 0 spiro atoms. The van der Waals surface area contributed by atoms with E-state index in [1.54, 1.807) is 12.3 Å². The Hall–Kier alpha value is -1.74. The van der Waals surface area contributed by atoms with Gasteiger partial charge in [0.25, 0.3) is 0 Å². The molecule has 0 bridgehead atoms. The van der Waals surface area contributed by atoms with Gasteiger partial charge in [-0.1, -0.05) is 23.2 Å². The summed E-state index contributed by atoms with van der Waals surface area (Å²) < 4.78 is 31.7. The van der Waals surface area contributed by atoms with Crippen molar-refractivity contribution in [2.24, 2.45) is 4.99 Å². The van der Waals surface area contributed by atoms with Gasteiger partial charge in [-0.2, -0.15) is 0 Å². The van der Waals surface area contributed by atoms with E-state index >= 15 is 0 Å². The van der Waals surface area contributed by atoms with Crippen LogP contribution < -0.4 is 0 Å². The van der Waals surface area contributed by atoms with Crippen LogP contribution in [0.25, 0.3) is 0 Å². The average Bonchev–Trinajstić information content (AvgIpc) is 3.24. The maximum Gasteiger partial charge on any atom is 0.311 e. The molecule has 10 heteroatoms.